The van der Waals surface area contributed by atoms with E-state index in [0.717, 1.165) is 12.0 Å². The van der Waals surface area contributed by atoms with Gasteiger partial charge in [0.25, 0.3) is 0 Å². The van der Waals surface area contributed by atoms with Gasteiger partial charge in [0, 0.05) is 0 Å². The average molecular weight is 310 g/mol. The fourth-order valence-corrected chi connectivity index (χ4v) is 4.97. The van der Waals surface area contributed by atoms with Gasteiger partial charge in [-0.1, -0.05) is 46.8 Å². The highest BCUT2D eigenvalue weighted by molar-refractivity contribution is 7.92. The smallest absolute Gasteiger partial charge is 0.183 e. The molecule has 0 spiro atoms. The van der Waals surface area contributed by atoms with E-state index >= 15 is 0 Å². The summed E-state index contributed by atoms with van der Waals surface area (Å²) in [4.78, 5) is 0.317. The normalized spacial score (nSPS) is 26.0. The molecule has 0 radical (unpaired) electrons. The molecule has 1 aromatic carbocycles. The number of aliphatic hydroxyl groups excluding tert-OH is 1. The molecule has 2 atom stereocenters. The number of hydrogen-bond acceptors (Lipinski definition) is 3. The van der Waals surface area contributed by atoms with Crippen molar-refractivity contribution < 1.29 is 13.5 Å². The van der Waals surface area contributed by atoms with Crippen LogP contribution in [-0.4, -0.2) is 24.9 Å². The van der Waals surface area contributed by atoms with E-state index in [0.29, 0.717) is 11.3 Å². The van der Waals surface area contributed by atoms with Crippen LogP contribution in [-0.2, 0) is 15.3 Å². The molecule has 1 aliphatic carbocycles. The second-order valence-corrected chi connectivity index (χ2v) is 10.00. The van der Waals surface area contributed by atoms with Crippen molar-refractivity contribution in [3.05, 3.63) is 29.8 Å². The van der Waals surface area contributed by atoms with Crippen molar-refractivity contribution in [3.8, 4) is 0 Å². The highest BCUT2D eigenvalue weighted by atomic mass is 32.2. The predicted octanol–water partition coefficient (Wildman–Crippen LogP) is 3.31. The number of hydrogen-bond donors (Lipinski definition) is 1. The Morgan fingerprint density at radius 3 is 2.05 bits per heavy atom. The molecule has 0 aromatic heterocycles. The summed E-state index contributed by atoms with van der Waals surface area (Å²) in [6, 6.07) is 7.10. The van der Waals surface area contributed by atoms with E-state index in [1.807, 2.05) is 26.0 Å². The Balaban J connectivity index is 2.33. The van der Waals surface area contributed by atoms with Gasteiger partial charge in [-0.2, -0.15) is 0 Å². The molecule has 0 saturated heterocycles. The van der Waals surface area contributed by atoms with Crippen molar-refractivity contribution in [3.63, 3.8) is 0 Å². The molecule has 0 bridgehead atoms. The Morgan fingerprint density at radius 1 is 1.14 bits per heavy atom. The third-order valence-corrected chi connectivity index (χ3v) is 6.89. The van der Waals surface area contributed by atoms with E-state index in [-0.39, 0.29) is 10.8 Å². The molecule has 1 saturated carbocycles. The maximum atomic E-state index is 12.7. The zero-order valence-electron chi connectivity index (χ0n) is 13.6. The van der Waals surface area contributed by atoms with Gasteiger partial charge in [0.05, 0.1) is 16.2 Å². The highest BCUT2D eigenvalue weighted by Crippen LogP contribution is 2.42. The van der Waals surface area contributed by atoms with Gasteiger partial charge in [-0.15, -0.1) is 0 Å². The van der Waals surface area contributed by atoms with E-state index < -0.39 is 21.2 Å². The first-order chi connectivity index (χ1) is 9.46. The SMILES string of the molecule is CC(C)(C)c1ccc(S(=O)(=O)C2CCC(C)(C)C2O)cc1. The summed E-state index contributed by atoms with van der Waals surface area (Å²) in [5, 5.41) is 9.63. The maximum Gasteiger partial charge on any atom is 0.183 e. The van der Waals surface area contributed by atoms with Crippen LogP contribution in [0.4, 0.5) is 0 Å². The van der Waals surface area contributed by atoms with E-state index in [9.17, 15) is 13.5 Å². The lowest BCUT2D eigenvalue weighted by Crippen LogP contribution is -2.36. The molecule has 2 unspecified atom stereocenters. The number of sulfone groups is 1. The summed E-state index contributed by atoms with van der Waals surface area (Å²) in [5.74, 6) is 0. The third-order valence-electron chi connectivity index (χ3n) is 4.67. The van der Waals surface area contributed by atoms with Crippen LogP contribution in [0.2, 0.25) is 0 Å². The summed E-state index contributed by atoms with van der Waals surface area (Å²) in [6.07, 6.45) is 0.458. The van der Waals surface area contributed by atoms with Crippen LogP contribution in [0.5, 0.6) is 0 Å². The second-order valence-electron chi connectivity index (χ2n) is 7.83. The molecular weight excluding hydrogens is 284 g/mol. The van der Waals surface area contributed by atoms with Gasteiger partial charge in [-0.05, 0) is 41.4 Å². The Morgan fingerprint density at radius 2 is 1.67 bits per heavy atom. The standard InChI is InChI=1S/C17H26O3S/c1-16(2,3)12-6-8-13(9-7-12)21(19,20)14-10-11-17(4,5)15(14)18/h6-9,14-15,18H,10-11H2,1-5H3. The topological polar surface area (TPSA) is 54.4 Å². The average Bonchev–Trinajstić information content (AvgIpc) is 2.64. The maximum absolute atomic E-state index is 12.7. The molecule has 2 rings (SSSR count). The van der Waals surface area contributed by atoms with Gasteiger partial charge in [-0.25, -0.2) is 8.42 Å². The van der Waals surface area contributed by atoms with Crippen molar-refractivity contribution >= 4 is 9.84 Å². The van der Waals surface area contributed by atoms with Crippen LogP contribution in [0.1, 0.15) is 53.0 Å². The number of benzene rings is 1. The highest BCUT2D eigenvalue weighted by Gasteiger charge is 2.47. The van der Waals surface area contributed by atoms with Gasteiger partial charge in [0.15, 0.2) is 9.84 Å². The van der Waals surface area contributed by atoms with Crippen molar-refractivity contribution in [2.24, 2.45) is 5.41 Å². The van der Waals surface area contributed by atoms with Crippen molar-refractivity contribution in [2.75, 3.05) is 0 Å². The molecule has 4 heteroatoms. The molecule has 0 aliphatic heterocycles. The molecule has 1 aromatic rings. The molecule has 21 heavy (non-hydrogen) atoms. The van der Waals surface area contributed by atoms with E-state index in [4.69, 9.17) is 0 Å². The number of rotatable bonds is 2. The largest absolute Gasteiger partial charge is 0.391 e. The van der Waals surface area contributed by atoms with Crippen LogP contribution in [0.15, 0.2) is 29.2 Å². The minimum atomic E-state index is -3.47. The summed E-state index contributed by atoms with van der Waals surface area (Å²) in [7, 11) is -3.47. The third kappa shape index (κ3) is 3.02. The van der Waals surface area contributed by atoms with Crippen LogP contribution < -0.4 is 0 Å². The first kappa shape index (κ1) is 16.5. The van der Waals surface area contributed by atoms with E-state index in [2.05, 4.69) is 20.8 Å². The van der Waals surface area contributed by atoms with E-state index in [1.165, 1.54) is 0 Å². The lowest BCUT2D eigenvalue weighted by atomic mass is 9.87. The Bertz CT molecular complexity index is 606. The van der Waals surface area contributed by atoms with Crippen LogP contribution >= 0.6 is 0 Å². The zero-order valence-corrected chi connectivity index (χ0v) is 14.4. The fraction of sp³-hybridized carbons (Fsp3) is 0.647. The summed E-state index contributed by atoms with van der Waals surface area (Å²) < 4.78 is 25.5. The summed E-state index contributed by atoms with van der Waals surface area (Å²) >= 11 is 0. The van der Waals surface area contributed by atoms with Crippen molar-refractivity contribution in [2.45, 2.75) is 69.1 Å². The second kappa shape index (κ2) is 5.10. The van der Waals surface area contributed by atoms with Gasteiger partial charge in [0.2, 0.25) is 0 Å². The summed E-state index contributed by atoms with van der Waals surface area (Å²) in [5.41, 5.74) is 0.772. The van der Waals surface area contributed by atoms with Gasteiger partial charge in [-0.3, -0.25) is 0 Å². The Labute approximate surface area is 128 Å². The van der Waals surface area contributed by atoms with Crippen molar-refractivity contribution in [1.29, 1.82) is 0 Å². The fourth-order valence-electron chi connectivity index (χ4n) is 2.97. The monoisotopic (exact) mass is 310 g/mol. The lowest BCUT2D eigenvalue weighted by molar-refractivity contribution is 0.0816. The molecule has 0 heterocycles. The molecule has 1 aliphatic rings. The van der Waals surface area contributed by atoms with Gasteiger partial charge in [0.1, 0.15) is 0 Å². The molecule has 0 amide bonds. The van der Waals surface area contributed by atoms with Crippen LogP contribution in [0, 0.1) is 5.41 Å². The Hall–Kier alpha value is -0.870. The lowest BCUT2D eigenvalue weighted by Gasteiger charge is -2.25. The van der Waals surface area contributed by atoms with Crippen LogP contribution in [0.3, 0.4) is 0 Å². The van der Waals surface area contributed by atoms with Gasteiger partial charge < -0.3 is 5.11 Å². The molecule has 1 fully saturated rings. The first-order valence-corrected chi connectivity index (χ1v) is 9.03. The first-order valence-electron chi connectivity index (χ1n) is 7.49. The minimum Gasteiger partial charge on any atom is -0.391 e. The number of aliphatic hydroxyl groups is 1. The predicted molar refractivity (Wildman–Crippen MR) is 85.1 cm³/mol. The quantitative estimate of drug-likeness (QED) is 0.912. The zero-order chi connectivity index (χ0) is 16.1. The minimum absolute atomic E-state index is 0.00282. The van der Waals surface area contributed by atoms with Crippen molar-refractivity contribution in [1.82, 2.24) is 0 Å². The van der Waals surface area contributed by atoms with Gasteiger partial charge >= 0.3 is 0 Å². The Kier molecular flexibility index (Phi) is 4.00. The van der Waals surface area contributed by atoms with Crippen LogP contribution in [0.25, 0.3) is 0 Å². The molecule has 3 nitrogen and oxygen atoms in total. The molecule has 118 valence electrons. The molecule has 1 N–H and O–H groups in total. The van der Waals surface area contributed by atoms with E-state index in [1.54, 1.807) is 12.1 Å². The molecular formula is C17H26O3S. The summed E-state index contributed by atoms with van der Waals surface area (Å²) in [6.45, 7) is 10.1.